The molecule has 5 nitrogen and oxygen atoms in total. The van der Waals surface area contributed by atoms with Crippen LogP contribution in [-0.4, -0.2) is 22.5 Å². The number of hydrogen-bond acceptors (Lipinski definition) is 4. The smallest absolute Gasteiger partial charge is 0.357 e. The largest absolute Gasteiger partial charge is 0.464 e. The second-order valence-corrected chi connectivity index (χ2v) is 5.47. The summed E-state index contributed by atoms with van der Waals surface area (Å²) in [4.78, 5) is 16.6. The molecule has 2 heterocycles. The highest BCUT2D eigenvalue weighted by molar-refractivity contribution is 9.10. The van der Waals surface area contributed by atoms with Crippen LogP contribution in [0.1, 0.15) is 10.5 Å². The predicted octanol–water partition coefficient (Wildman–Crippen LogP) is 3.27. The number of pyridine rings is 1. The molecule has 0 aliphatic carbocycles. The quantitative estimate of drug-likeness (QED) is 0.709. The van der Waals surface area contributed by atoms with Crippen molar-refractivity contribution >= 4 is 33.2 Å². The molecule has 22 heavy (non-hydrogen) atoms. The lowest BCUT2D eigenvalue weighted by Crippen LogP contribution is -2.07. The third-order valence-electron chi connectivity index (χ3n) is 3.24. The number of benzene rings is 1. The van der Waals surface area contributed by atoms with Crippen LogP contribution in [0.3, 0.4) is 0 Å². The zero-order valence-corrected chi connectivity index (χ0v) is 13.1. The van der Waals surface area contributed by atoms with Crippen LogP contribution >= 0.6 is 15.9 Å². The molecule has 0 amide bonds. The number of carbonyl (C=O) groups is 1. The summed E-state index contributed by atoms with van der Waals surface area (Å²) in [5.41, 5.74) is 8.12. The molecule has 0 saturated carbocycles. The molecule has 0 aliphatic heterocycles. The fourth-order valence-electron chi connectivity index (χ4n) is 2.18. The monoisotopic (exact) mass is 363 g/mol. The van der Waals surface area contributed by atoms with E-state index in [9.17, 15) is 9.18 Å². The first-order chi connectivity index (χ1) is 10.5. The SMILES string of the molecule is COC(=O)c1c(-c2ccc(F)cc2)nc2cc(N)c(Br)cn12. The summed E-state index contributed by atoms with van der Waals surface area (Å²) < 4.78 is 20.2. The number of anilines is 1. The van der Waals surface area contributed by atoms with E-state index < -0.39 is 5.97 Å². The summed E-state index contributed by atoms with van der Waals surface area (Å²) in [5.74, 6) is -0.900. The Labute approximate surface area is 133 Å². The van der Waals surface area contributed by atoms with Gasteiger partial charge in [-0.05, 0) is 40.2 Å². The number of hydrogen-bond donors (Lipinski definition) is 1. The first-order valence-electron chi connectivity index (χ1n) is 6.32. The van der Waals surface area contributed by atoms with Gasteiger partial charge < -0.3 is 10.5 Å². The Morgan fingerprint density at radius 3 is 2.68 bits per heavy atom. The molecule has 0 fully saturated rings. The second-order valence-electron chi connectivity index (χ2n) is 4.61. The topological polar surface area (TPSA) is 69.6 Å². The fourth-order valence-corrected chi connectivity index (χ4v) is 2.50. The van der Waals surface area contributed by atoms with Crippen molar-refractivity contribution in [1.29, 1.82) is 0 Å². The number of aromatic nitrogens is 2. The maximum absolute atomic E-state index is 13.1. The van der Waals surface area contributed by atoms with Crippen molar-refractivity contribution < 1.29 is 13.9 Å². The van der Waals surface area contributed by atoms with E-state index in [1.165, 1.54) is 19.2 Å². The number of rotatable bonds is 2. The van der Waals surface area contributed by atoms with Gasteiger partial charge in [-0.1, -0.05) is 0 Å². The van der Waals surface area contributed by atoms with E-state index in [2.05, 4.69) is 20.9 Å². The maximum atomic E-state index is 13.1. The van der Waals surface area contributed by atoms with Gasteiger partial charge >= 0.3 is 5.97 Å². The molecule has 0 aliphatic rings. The fraction of sp³-hybridized carbons (Fsp3) is 0.0667. The highest BCUT2D eigenvalue weighted by Crippen LogP contribution is 2.29. The highest BCUT2D eigenvalue weighted by atomic mass is 79.9. The van der Waals surface area contributed by atoms with Gasteiger partial charge in [-0.15, -0.1) is 0 Å². The molecule has 2 N–H and O–H groups in total. The Kier molecular flexibility index (Phi) is 3.58. The van der Waals surface area contributed by atoms with E-state index in [-0.39, 0.29) is 11.5 Å². The molecule has 0 spiro atoms. The molecule has 7 heteroatoms. The van der Waals surface area contributed by atoms with Gasteiger partial charge in [0.2, 0.25) is 0 Å². The number of esters is 1. The number of halogens is 2. The third-order valence-corrected chi connectivity index (χ3v) is 3.90. The average Bonchev–Trinajstić information content (AvgIpc) is 2.86. The Hall–Kier alpha value is -2.41. The van der Waals surface area contributed by atoms with Crippen molar-refractivity contribution in [2.75, 3.05) is 12.8 Å². The number of ether oxygens (including phenoxy) is 1. The molecular weight excluding hydrogens is 353 g/mol. The Morgan fingerprint density at radius 2 is 2.05 bits per heavy atom. The first-order valence-corrected chi connectivity index (χ1v) is 7.12. The molecule has 112 valence electrons. The molecule has 0 atom stereocenters. The van der Waals surface area contributed by atoms with Crippen LogP contribution in [0.4, 0.5) is 10.1 Å². The minimum absolute atomic E-state index is 0.254. The Morgan fingerprint density at radius 1 is 1.36 bits per heavy atom. The summed E-state index contributed by atoms with van der Waals surface area (Å²) >= 11 is 3.32. The van der Waals surface area contributed by atoms with Crippen LogP contribution in [0.25, 0.3) is 16.9 Å². The summed E-state index contributed by atoms with van der Waals surface area (Å²) in [5, 5.41) is 0. The lowest BCUT2D eigenvalue weighted by atomic mass is 10.1. The highest BCUT2D eigenvalue weighted by Gasteiger charge is 2.22. The second kappa shape index (κ2) is 5.42. The van der Waals surface area contributed by atoms with Crippen molar-refractivity contribution in [3.63, 3.8) is 0 Å². The molecule has 1 aromatic carbocycles. The van der Waals surface area contributed by atoms with E-state index in [1.807, 2.05) is 0 Å². The van der Waals surface area contributed by atoms with Crippen LogP contribution in [-0.2, 0) is 4.74 Å². The summed E-state index contributed by atoms with van der Waals surface area (Å²) in [6.07, 6.45) is 1.65. The van der Waals surface area contributed by atoms with Gasteiger partial charge in [0, 0.05) is 17.8 Å². The lowest BCUT2D eigenvalue weighted by Gasteiger charge is -2.04. The van der Waals surface area contributed by atoms with Crippen LogP contribution in [0.2, 0.25) is 0 Å². The van der Waals surface area contributed by atoms with Gasteiger partial charge in [-0.25, -0.2) is 14.2 Å². The summed E-state index contributed by atoms with van der Waals surface area (Å²) in [6.45, 7) is 0. The van der Waals surface area contributed by atoms with Gasteiger partial charge in [-0.3, -0.25) is 4.40 Å². The van der Waals surface area contributed by atoms with Crippen molar-refractivity contribution in [2.45, 2.75) is 0 Å². The number of nitrogens with two attached hydrogens (primary N) is 1. The minimum Gasteiger partial charge on any atom is -0.464 e. The van der Waals surface area contributed by atoms with Gasteiger partial charge in [0.1, 0.15) is 17.2 Å². The molecule has 3 aromatic rings. The van der Waals surface area contributed by atoms with Crippen LogP contribution in [0.15, 0.2) is 41.0 Å². The normalized spacial score (nSPS) is 10.9. The molecule has 0 bridgehead atoms. The van der Waals surface area contributed by atoms with Crippen molar-refractivity contribution in [2.24, 2.45) is 0 Å². The summed E-state index contributed by atoms with van der Waals surface area (Å²) in [6, 6.07) is 7.38. The lowest BCUT2D eigenvalue weighted by molar-refractivity contribution is 0.0594. The summed E-state index contributed by atoms with van der Waals surface area (Å²) in [7, 11) is 1.29. The standard InChI is InChI=1S/C15H11BrFN3O2/c1-22-15(21)14-13(8-2-4-9(17)5-3-8)19-12-6-11(18)10(16)7-20(12)14/h2-7H,18H2,1H3. The molecule has 3 rings (SSSR count). The Bertz CT molecular complexity index is 875. The average molecular weight is 364 g/mol. The number of methoxy groups -OCH3 is 1. The number of imidazole rings is 1. The van der Waals surface area contributed by atoms with E-state index in [1.54, 1.807) is 28.8 Å². The van der Waals surface area contributed by atoms with Gasteiger partial charge in [-0.2, -0.15) is 0 Å². The molecule has 0 unspecified atom stereocenters. The number of fused-ring (bicyclic) bond motifs is 1. The zero-order valence-electron chi connectivity index (χ0n) is 11.5. The van der Waals surface area contributed by atoms with Gasteiger partial charge in [0.25, 0.3) is 0 Å². The number of carbonyl (C=O) groups excluding carboxylic acids is 1. The molecule has 2 aromatic heterocycles. The minimum atomic E-state index is -0.538. The Balaban J connectivity index is 2.33. The zero-order chi connectivity index (χ0) is 15.9. The van der Waals surface area contributed by atoms with Gasteiger partial charge in [0.05, 0.1) is 17.3 Å². The molecular formula is C15H11BrFN3O2. The maximum Gasteiger partial charge on any atom is 0.357 e. The van der Waals surface area contributed by atoms with Crippen LogP contribution in [0, 0.1) is 5.82 Å². The van der Waals surface area contributed by atoms with Crippen molar-refractivity contribution in [1.82, 2.24) is 9.38 Å². The van der Waals surface area contributed by atoms with E-state index in [0.29, 0.717) is 27.1 Å². The van der Waals surface area contributed by atoms with Gasteiger partial charge in [0.15, 0.2) is 5.69 Å². The van der Waals surface area contributed by atoms with Crippen molar-refractivity contribution in [3.05, 3.63) is 52.5 Å². The van der Waals surface area contributed by atoms with Crippen LogP contribution in [0.5, 0.6) is 0 Å². The number of nitrogens with zero attached hydrogens (tertiary/aromatic N) is 2. The van der Waals surface area contributed by atoms with E-state index in [0.717, 1.165) is 0 Å². The van der Waals surface area contributed by atoms with E-state index >= 15 is 0 Å². The number of nitrogen functional groups attached to an aromatic ring is 1. The van der Waals surface area contributed by atoms with Crippen molar-refractivity contribution in [3.8, 4) is 11.3 Å². The molecule has 0 saturated heterocycles. The first kappa shape index (κ1) is 14.5. The predicted molar refractivity (Wildman–Crippen MR) is 84.0 cm³/mol. The van der Waals surface area contributed by atoms with E-state index in [4.69, 9.17) is 10.5 Å². The van der Waals surface area contributed by atoms with Crippen LogP contribution < -0.4 is 5.73 Å². The molecule has 0 radical (unpaired) electrons. The third kappa shape index (κ3) is 2.33.